The van der Waals surface area contributed by atoms with Crippen LogP contribution in [0.25, 0.3) is 11.8 Å². The molecular formula is C44H70N2O4Sn2. The molecule has 0 spiro atoms. The van der Waals surface area contributed by atoms with Gasteiger partial charge in [-0.1, -0.05) is 0 Å². The van der Waals surface area contributed by atoms with E-state index in [0.29, 0.717) is 5.70 Å². The van der Waals surface area contributed by atoms with Crippen molar-refractivity contribution in [2.45, 2.75) is 145 Å². The van der Waals surface area contributed by atoms with Gasteiger partial charge < -0.3 is 0 Å². The zero-order valence-corrected chi connectivity index (χ0v) is 39.7. The molecule has 0 saturated carbocycles. The van der Waals surface area contributed by atoms with Gasteiger partial charge in [0.05, 0.1) is 0 Å². The molecule has 1 amide bonds. The first-order valence-electron chi connectivity index (χ1n) is 20.4. The van der Waals surface area contributed by atoms with Gasteiger partial charge >= 0.3 is 328 Å². The van der Waals surface area contributed by atoms with Crippen molar-refractivity contribution in [3.05, 3.63) is 63.5 Å². The molecule has 2 aromatic carbocycles. The van der Waals surface area contributed by atoms with Gasteiger partial charge in [0, 0.05) is 0 Å². The predicted molar refractivity (Wildman–Crippen MR) is 227 cm³/mol. The fraction of sp³-hybridized carbons (Fsp3) is 0.591. The number of nitrogens with zero attached hydrogens (tertiary/aromatic N) is 2. The monoisotopic (exact) mass is 930 g/mol. The number of hydrogen-bond donors (Lipinski definition) is 0. The first-order valence-corrected chi connectivity index (χ1v) is 35.4. The minimum atomic E-state index is -3.39. The average Bonchev–Trinajstić information content (AvgIpc) is 3.18. The zero-order chi connectivity index (χ0) is 38.2. The number of methoxy groups -OCH3 is 2. The van der Waals surface area contributed by atoms with Crippen LogP contribution >= 0.6 is 0 Å². The molecule has 0 radical (unpaired) electrons. The normalized spacial score (nSPS) is 12.4. The van der Waals surface area contributed by atoms with Crippen molar-refractivity contribution in [3.63, 3.8) is 0 Å². The van der Waals surface area contributed by atoms with Crippen LogP contribution in [0.5, 0.6) is 11.5 Å². The van der Waals surface area contributed by atoms with Crippen LogP contribution in [0.3, 0.4) is 0 Å². The Morgan fingerprint density at radius 1 is 0.692 bits per heavy atom. The van der Waals surface area contributed by atoms with Gasteiger partial charge in [0.25, 0.3) is 0 Å². The molecule has 0 bridgehead atoms. The van der Waals surface area contributed by atoms with Crippen molar-refractivity contribution < 1.29 is 19.1 Å². The van der Waals surface area contributed by atoms with Crippen LogP contribution in [0, 0.1) is 0 Å². The molecule has 0 aliphatic rings. The topological polar surface area (TPSA) is 68.2 Å². The van der Waals surface area contributed by atoms with Crippen molar-refractivity contribution in [2.24, 2.45) is 4.99 Å². The van der Waals surface area contributed by atoms with E-state index in [1.807, 2.05) is 17.0 Å². The van der Waals surface area contributed by atoms with Gasteiger partial charge in [-0.15, -0.1) is 0 Å². The molecule has 0 aliphatic heterocycles. The van der Waals surface area contributed by atoms with Gasteiger partial charge in [0.2, 0.25) is 0 Å². The molecule has 0 N–H and O–H groups in total. The summed E-state index contributed by atoms with van der Waals surface area (Å²) in [6.07, 6.45) is 20.7. The predicted octanol–water partition coefficient (Wildman–Crippen LogP) is 12.3. The van der Waals surface area contributed by atoms with Crippen LogP contribution in [-0.2, 0) is 9.59 Å². The van der Waals surface area contributed by atoms with Gasteiger partial charge in [-0.3, -0.25) is 0 Å². The molecule has 52 heavy (non-hydrogen) atoms. The Hall–Kier alpha value is -2.03. The Kier molecular flexibility index (Phi) is 23.0. The number of hydrogen-bond acceptors (Lipinski definition) is 5. The molecule has 0 aromatic heterocycles. The zero-order valence-electron chi connectivity index (χ0n) is 34.0. The number of rotatable bonds is 28. The molecule has 0 saturated heterocycles. The number of carbonyl (C=O) groups is 1. The third kappa shape index (κ3) is 13.4. The van der Waals surface area contributed by atoms with Crippen molar-refractivity contribution in [3.8, 4) is 11.5 Å². The van der Waals surface area contributed by atoms with Crippen molar-refractivity contribution in [1.29, 1.82) is 0 Å². The second-order valence-corrected chi connectivity index (χ2v) is 40.8. The number of benzene rings is 2. The molecule has 0 heterocycles. The Morgan fingerprint density at radius 2 is 1.15 bits per heavy atom. The van der Waals surface area contributed by atoms with E-state index in [1.54, 1.807) is 26.5 Å². The number of aliphatic imine (C=N–C) groups is 1. The van der Waals surface area contributed by atoms with E-state index in [9.17, 15) is 9.59 Å². The van der Waals surface area contributed by atoms with E-state index in [2.05, 4.69) is 82.9 Å². The summed E-state index contributed by atoms with van der Waals surface area (Å²) in [6.45, 7) is 13.7. The van der Waals surface area contributed by atoms with Gasteiger partial charge in [0.1, 0.15) is 0 Å². The summed E-state index contributed by atoms with van der Waals surface area (Å²) in [5.41, 5.74) is 2.77. The Morgan fingerprint density at radius 3 is 1.58 bits per heavy atom. The van der Waals surface area contributed by atoms with Crippen LogP contribution in [0.15, 0.2) is 57.4 Å². The third-order valence-electron chi connectivity index (χ3n) is 11.0. The Bertz CT molecular complexity index is 1390. The summed E-state index contributed by atoms with van der Waals surface area (Å²) in [6, 6.07) is 14.8. The summed E-state index contributed by atoms with van der Waals surface area (Å²) < 4.78 is 21.4. The Balaban J connectivity index is 3.18. The number of isocyanates is 1. The molecule has 8 heteroatoms. The Labute approximate surface area is 325 Å². The SMILES string of the molecule is CCC[CH2][Sn]([CH2]CCC)([CH2]CCC)/[C](=C\c1ccc(OC)cc1)N(C=O)C(=CN=C=O)c1cc(OC)cc[c]1[Sn]([CH2]CCC)([CH2]CCC)[CH2]CCC. The third-order valence-corrected chi connectivity index (χ3v) is 42.1. The molecular weight excluding hydrogens is 858 g/mol. The summed E-state index contributed by atoms with van der Waals surface area (Å²) in [4.78, 5) is 32.1. The molecule has 0 atom stereocenters. The molecule has 2 rings (SSSR count). The second-order valence-electron chi connectivity index (χ2n) is 14.6. The van der Waals surface area contributed by atoms with Crippen molar-refractivity contribution in [1.82, 2.24) is 4.90 Å². The first-order chi connectivity index (χ1) is 25.3. The van der Waals surface area contributed by atoms with Crippen LogP contribution in [0.1, 0.15) is 130 Å². The second kappa shape index (κ2) is 25.9. The maximum absolute atomic E-state index is 14.0. The molecule has 0 aliphatic carbocycles. The van der Waals surface area contributed by atoms with Crippen LogP contribution in [-0.4, -0.2) is 68.4 Å². The van der Waals surface area contributed by atoms with Crippen molar-refractivity contribution >= 4 is 64.6 Å². The van der Waals surface area contributed by atoms with Crippen molar-refractivity contribution in [2.75, 3.05) is 14.2 Å². The van der Waals surface area contributed by atoms with Crippen LogP contribution in [0.4, 0.5) is 0 Å². The summed E-state index contributed by atoms with van der Waals surface area (Å²) in [7, 11) is 3.40. The summed E-state index contributed by atoms with van der Waals surface area (Å²) in [5, 5.41) is 0. The average molecular weight is 928 g/mol. The first kappa shape index (κ1) is 46.1. The number of carbonyl (C=O) groups excluding carboxylic acids is 2. The fourth-order valence-electron chi connectivity index (χ4n) is 7.88. The van der Waals surface area contributed by atoms with Crippen LogP contribution in [0.2, 0.25) is 26.6 Å². The van der Waals surface area contributed by atoms with Gasteiger partial charge in [-0.2, -0.15) is 0 Å². The molecule has 6 nitrogen and oxygen atoms in total. The minimum absolute atomic E-state index is 0.697. The van der Waals surface area contributed by atoms with E-state index in [4.69, 9.17) is 9.47 Å². The molecule has 288 valence electrons. The number of unbranched alkanes of at least 4 members (excludes halogenated alkanes) is 6. The van der Waals surface area contributed by atoms with E-state index >= 15 is 0 Å². The number of amides is 1. The standard InChI is InChI=1S/C20H16N2O4.6C4H9.2Sn/c1-25-18-8-6-16(7-9-18)10-11-22(15-24)20(13-21-14-23)17-4-3-5-19(12-17)26-2;6*1-3-4-2;;/h3,5-10,12-13,15H,1-2H3;6*1,3-4H2,2H3;;. The number of ether oxygens (including phenoxy) is 2. The van der Waals surface area contributed by atoms with Crippen LogP contribution < -0.4 is 13.1 Å². The van der Waals surface area contributed by atoms with E-state index in [-0.39, 0.29) is 0 Å². The molecule has 2 aromatic rings. The molecule has 0 unspecified atom stereocenters. The van der Waals surface area contributed by atoms with Gasteiger partial charge in [-0.05, 0) is 0 Å². The molecule has 0 fully saturated rings. The van der Waals surface area contributed by atoms with E-state index < -0.39 is 36.8 Å². The van der Waals surface area contributed by atoms with E-state index in [0.717, 1.165) is 67.6 Å². The summed E-state index contributed by atoms with van der Waals surface area (Å²) in [5.74, 6) is 1.56. The van der Waals surface area contributed by atoms with Gasteiger partial charge in [0.15, 0.2) is 0 Å². The quantitative estimate of drug-likeness (QED) is 0.0369. The van der Waals surface area contributed by atoms with E-state index in [1.165, 1.54) is 72.4 Å². The fourth-order valence-corrected chi connectivity index (χ4v) is 41.1. The maximum atomic E-state index is 14.0. The van der Waals surface area contributed by atoms with Gasteiger partial charge in [-0.25, -0.2) is 0 Å². The summed E-state index contributed by atoms with van der Waals surface area (Å²) >= 11 is -6.52.